The fraction of sp³-hybridized carbons (Fsp3) is 0. The molecule has 6 nitrogen and oxygen atoms in total. The number of fused-ring (bicyclic) bond motifs is 1. The Hall–Kier alpha value is -4.26. The summed E-state index contributed by atoms with van der Waals surface area (Å²) in [5.74, 6) is -0.477. The Bertz CT molecular complexity index is 1420. The monoisotopic (exact) mass is 398 g/mol. The Morgan fingerprint density at radius 3 is 2.27 bits per heavy atom. The zero-order chi connectivity index (χ0) is 20.7. The van der Waals surface area contributed by atoms with Gasteiger partial charge in [-0.05, 0) is 35.4 Å². The molecule has 5 rings (SSSR count). The van der Waals surface area contributed by atoms with Gasteiger partial charge in [0.25, 0.3) is 0 Å². The van der Waals surface area contributed by atoms with E-state index in [1.54, 1.807) is 36.7 Å². The molecule has 5 aromatic rings. The van der Waals surface area contributed by atoms with Crippen molar-refractivity contribution in [1.29, 1.82) is 0 Å². The first-order valence-electron chi connectivity index (χ1n) is 9.21. The number of halogens is 1. The number of nitrogens with one attached hydrogen (secondary N) is 1. The van der Waals surface area contributed by atoms with Gasteiger partial charge < -0.3 is 10.1 Å². The Balaban J connectivity index is 1.65. The molecule has 2 N–H and O–H groups in total. The van der Waals surface area contributed by atoms with Crippen LogP contribution in [0.3, 0.4) is 0 Å². The summed E-state index contributed by atoms with van der Waals surface area (Å²) in [5.41, 5.74) is 4.00. The first-order chi connectivity index (χ1) is 14.6. The van der Waals surface area contributed by atoms with E-state index < -0.39 is 5.69 Å². The number of aromatic hydroxyl groups is 1. The molecule has 0 unspecified atom stereocenters. The SMILES string of the molecule is O=c1[nH]cc(O)n1-c1cc(-c2ccc(-c3ccc(F)cc3)cc2)nc2ccncc12. The van der Waals surface area contributed by atoms with Crippen molar-refractivity contribution in [3.63, 3.8) is 0 Å². The average molecular weight is 398 g/mol. The lowest BCUT2D eigenvalue weighted by Gasteiger charge is -2.11. The van der Waals surface area contributed by atoms with Crippen molar-refractivity contribution in [1.82, 2.24) is 19.5 Å². The highest BCUT2D eigenvalue weighted by Gasteiger charge is 2.14. The summed E-state index contributed by atoms with van der Waals surface area (Å²) in [6.45, 7) is 0. The molecule has 30 heavy (non-hydrogen) atoms. The lowest BCUT2D eigenvalue weighted by Crippen LogP contribution is -2.15. The van der Waals surface area contributed by atoms with Crippen LogP contribution in [-0.2, 0) is 0 Å². The summed E-state index contributed by atoms with van der Waals surface area (Å²) >= 11 is 0. The highest BCUT2D eigenvalue weighted by molar-refractivity contribution is 5.89. The zero-order valence-electron chi connectivity index (χ0n) is 15.6. The summed E-state index contributed by atoms with van der Waals surface area (Å²) in [6, 6.07) is 17.5. The van der Waals surface area contributed by atoms with E-state index in [9.17, 15) is 14.3 Å². The fourth-order valence-electron chi connectivity index (χ4n) is 3.45. The number of aromatic amines is 1. The molecule has 0 aliphatic heterocycles. The number of H-pyrrole nitrogens is 1. The Labute approximate surface area is 169 Å². The summed E-state index contributed by atoms with van der Waals surface area (Å²) < 4.78 is 14.4. The largest absolute Gasteiger partial charge is 0.493 e. The number of hydrogen-bond acceptors (Lipinski definition) is 4. The van der Waals surface area contributed by atoms with Crippen molar-refractivity contribution in [3.05, 3.63) is 95.6 Å². The van der Waals surface area contributed by atoms with Crippen LogP contribution in [0.25, 0.3) is 39.0 Å². The van der Waals surface area contributed by atoms with Gasteiger partial charge >= 0.3 is 5.69 Å². The maximum Gasteiger partial charge on any atom is 0.333 e. The van der Waals surface area contributed by atoms with Crippen LogP contribution in [0.2, 0.25) is 0 Å². The van der Waals surface area contributed by atoms with Crippen LogP contribution < -0.4 is 5.69 Å². The molecule has 0 radical (unpaired) electrons. The third kappa shape index (κ3) is 3.02. The summed E-state index contributed by atoms with van der Waals surface area (Å²) in [5, 5.41) is 10.8. The van der Waals surface area contributed by atoms with Crippen molar-refractivity contribution in [2.75, 3.05) is 0 Å². The molecule has 0 amide bonds. The van der Waals surface area contributed by atoms with Crippen LogP contribution in [0.4, 0.5) is 4.39 Å². The number of imidazole rings is 1. The smallest absolute Gasteiger partial charge is 0.333 e. The second kappa shape index (κ2) is 6.97. The number of rotatable bonds is 3. The van der Waals surface area contributed by atoms with Crippen LogP contribution in [-0.4, -0.2) is 24.6 Å². The van der Waals surface area contributed by atoms with E-state index in [0.29, 0.717) is 22.3 Å². The van der Waals surface area contributed by atoms with Crippen LogP contribution in [0.15, 0.2) is 84.0 Å². The van der Waals surface area contributed by atoms with Crippen LogP contribution in [0, 0.1) is 5.82 Å². The molecule has 2 aromatic carbocycles. The molecule has 0 aliphatic rings. The molecule has 0 bridgehead atoms. The molecular weight excluding hydrogens is 383 g/mol. The molecule has 146 valence electrons. The third-order valence-corrected chi connectivity index (χ3v) is 4.94. The van der Waals surface area contributed by atoms with E-state index in [1.165, 1.54) is 22.9 Å². The second-order valence-electron chi connectivity index (χ2n) is 6.79. The number of pyridine rings is 2. The van der Waals surface area contributed by atoms with Gasteiger partial charge in [-0.25, -0.2) is 18.7 Å². The van der Waals surface area contributed by atoms with Gasteiger partial charge in [0.2, 0.25) is 5.88 Å². The summed E-state index contributed by atoms with van der Waals surface area (Å²) in [4.78, 5) is 23.5. The van der Waals surface area contributed by atoms with E-state index in [1.807, 2.05) is 24.3 Å². The molecule has 0 saturated carbocycles. The third-order valence-electron chi connectivity index (χ3n) is 4.94. The first kappa shape index (κ1) is 17.8. The fourth-order valence-corrected chi connectivity index (χ4v) is 3.45. The molecule has 0 saturated heterocycles. The van der Waals surface area contributed by atoms with Crippen molar-refractivity contribution < 1.29 is 9.50 Å². The van der Waals surface area contributed by atoms with Gasteiger partial charge in [0.1, 0.15) is 5.82 Å². The van der Waals surface area contributed by atoms with Crippen LogP contribution in [0.1, 0.15) is 0 Å². The van der Waals surface area contributed by atoms with Gasteiger partial charge in [-0.3, -0.25) is 4.98 Å². The predicted octanol–water partition coefficient (Wildman–Crippen LogP) is 4.29. The lowest BCUT2D eigenvalue weighted by atomic mass is 10.0. The van der Waals surface area contributed by atoms with Crippen molar-refractivity contribution >= 4 is 10.9 Å². The van der Waals surface area contributed by atoms with E-state index in [0.717, 1.165) is 16.7 Å². The molecular formula is C23H15FN4O2. The Morgan fingerprint density at radius 1 is 0.933 bits per heavy atom. The van der Waals surface area contributed by atoms with E-state index in [4.69, 9.17) is 4.98 Å². The molecule has 0 aliphatic carbocycles. The lowest BCUT2D eigenvalue weighted by molar-refractivity contribution is 0.441. The normalized spacial score (nSPS) is 11.1. The number of nitrogens with zero attached hydrogens (tertiary/aromatic N) is 3. The quantitative estimate of drug-likeness (QED) is 0.475. The van der Waals surface area contributed by atoms with Gasteiger partial charge in [0, 0.05) is 23.3 Å². The molecule has 3 aromatic heterocycles. The molecule has 3 heterocycles. The minimum Gasteiger partial charge on any atom is -0.493 e. The minimum absolute atomic E-state index is 0.200. The average Bonchev–Trinajstić information content (AvgIpc) is 3.11. The van der Waals surface area contributed by atoms with E-state index in [-0.39, 0.29) is 11.7 Å². The van der Waals surface area contributed by atoms with Crippen LogP contribution in [0.5, 0.6) is 5.88 Å². The molecule has 0 spiro atoms. The number of aromatic nitrogens is 4. The highest BCUT2D eigenvalue weighted by Crippen LogP contribution is 2.29. The highest BCUT2D eigenvalue weighted by atomic mass is 19.1. The van der Waals surface area contributed by atoms with Crippen molar-refractivity contribution in [3.8, 4) is 34.0 Å². The standard InChI is InChI=1S/C23H15FN4O2/c24-17-7-5-15(6-8-17)14-1-3-16(4-2-14)20-11-21(28-22(29)13-26-23(28)30)18-12-25-10-9-19(18)27-20/h1-13,29H,(H,26,30). The molecule has 0 fully saturated rings. The van der Waals surface area contributed by atoms with Crippen molar-refractivity contribution in [2.45, 2.75) is 0 Å². The van der Waals surface area contributed by atoms with Crippen molar-refractivity contribution in [2.24, 2.45) is 0 Å². The van der Waals surface area contributed by atoms with Crippen LogP contribution >= 0.6 is 0 Å². The number of hydrogen-bond donors (Lipinski definition) is 2. The van der Waals surface area contributed by atoms with E-state index in [2.05, 4.69) is 9.97 Å². The van der Waals surface area contributed by atoms with Gasteiger partial charge in [0.05, 0.1) is 23.1 Å². The summed E-state index contributed by atoms with van der Waals surface area (Å²) in [6.07, 6.45) is 4.47. The maximum absolute atomic E-state index is 13.2. The summed E-state index contributed by atoms with van der Waals surface area (Å²) in [7, 11) is 0. The van der Waals surface area contributed by atoms with Gasteiger partial charge in [-0.15, -0.1) is 0 Å². The topological polar surface area (TPSA) is 83.8 Å². The Morgan fingerprint density at radius 2 is 1.60 bits per heavy atom. The Kier molecular flexibility index (Phi) is 4.14. The second-order valence-corrected chi connectivity index (χ2v) is 6.79. The first-order valence-corrected chi connectivity index (χ1v) is 9.21. The van der Waals surface area contributed by atoms with E-state index >= 15 is 0 Å². The molecule has 7 heteroatoms. The van der Waals surface area contributed by atoms with Gasteiger partial charge in [0.15, 0.2) is 0 Å². The maximum atomic E-state index is 13.2. The van der Waals surface area contributed by atoms with Gasteiger partial charge in [-0.1, -0.05) is 36.4 Å². The number of benzene rings is 2. The predicted molar refractivity (Wildman–Crippen MR) is 112 cm³/mol. The minimum atomic E-state index is -0.457. The van der Waals surface area contributed by atoms with Gasteiger partial charge in [-0.2, -0.15) is 0 Å². The zero-order valence-corrected chi connectivity index (χ0v) is 15.6. The molecule has 0 atom stereocenters.